The van der Waals surface area contributed by atoms with E-state index in [2.05, 4.69) is 16.6 Å². The van der Waals surface area contributed by atoms with Crippen LogP contribution in [0.25, 0.3) is 0 Å². The van der Waals surface area contributed by atoms with Gasteiger partial charge in [-0.3, -0.25) is 14.5 Å². The van der Waals surface area contributed by atoms with E-state index in [9.17, 15) is 14.4 Å². The van der Waals surface area contributed by atoms with Crippen LogP contribution in [0.1, 0.15) is 4.88 Å². The van der Waals surface area contributed by atoms with Crippen molar-refractivity contribution in [1.29, 1.82) is 0 Å². The molecular weight excluding hydrogens is 383 g/mol. The van der Waals surface area contributed by atoms with Gasteiger partial charge in [-0.2, -0.15) is 0 Å². The lowest BCUT2D eigenvalue weighted by molar-refractivity contribution is -0.149. The minimum Gasteiger partial charge on any atom is -0.539 e. The highest BCUT2D eigenvalue weighted by molar-refractivity contribution is 8.04. The lowest BCUT2D eigenvalue weighted by Crippen LogP contribution is -2.70. The van der Waals surface area contributed by atoms with Crippen molar-refractivity contribution < 1.29 is 19.0 Å². The Balaban J connectivity index is 1.77. The number of amides is 2. The molecule has 2 radical (unpaired) electrons. The minimum atomic E-state index is -0.862. The van der Waals surface area contributed by atoms with E-state index in [1.807, 2.05) is 17.5 Å². The highest BCUT2D eigenvalue weighted by Crippen LogP contribution is 2.46. The third-order valence-corrected chi connectivity index (χ3v) is 6.23. The van der Waals surface area contributed by atoms with Crippen LogP contribution in [0.3, 0.4) is 0 Å². The molecule has 0 bridgehead atoms. The van der Waals surface area contributed by atoms with Crippen LogP contribution in [0.2, 0.25) is 0 Å². The zero-order valence-electron chi connectivity index (χ0n) is 12.9. The molecule has 3 heterocycles. The van der Waals surface area contributed by atoms with E-state index in [-0.39, 0.29) is 23.9 Å². The number of carbonyl (C=O) groups excluding carboxylic acids is 3. The van der Waals surface area contributed by atoms with Gasteiger partial charge in [0.05, 0.1) is 12.3 Å². The largest absolute Gasteiger partial charge is 0.539 e. The molecular formula is C15H12BClN2O4S2. The van der Waals surface area contributed by atoms with Crippen molar-refractivity contribution >= 4 is 60.5 Å². The zero-order chi connectivity index (χ0) is 18.1. The average Bonchev–Trinajstić information content (AvgIpc) is 3.10. The fourth-order valence-corrected chi connectivity index (χ4v) is 4.97. The molecule has 1 aromatic rings. The normalized spacial score (nSPS) is 22.4. The smallest absolute Gasteiger partial charge is 0.378 e. The van der Waals surface area contributed by atoms with E-state index in [0.717, 1.165) is 4.88 Å². The average molecular weight is 395 g/mol. The molecule has 0 saturated carbocycles. The van der Waals surface area contributed by atoms with Crippen molar-refractivity contribution in [2.45, 2.75) is 17.8 Å². The van der Waals surface area contributed by atoms with Gasteiger partial charge in [0.2, 0.25) is 5.91 Å². The molecule has 0 aromatic carbocycles. The molecule has 1 fully saturated rings. The Morgan fingerprint density at radius 2 is 2.24 bits per heavy atom. The molecule has 2 aliphatic rings. The molecule has 6 nitrogen and oxygen atoms in total. The Bertz CT molecular complexity index is 781. The monoisotopic (exact) mass is 394 g/mol. The summed E-state index contributed by atoms with van der Waals surface area (Å²) in [5, 5.41) is 4.11. The number of fused-ring (bicyclic) bond motifs is 1. The number of thioether (sulfide) groups is 1. The summed E-state index contributed by atoms with van der Waals surface area (Å²) < 4.78 is 4.27. The van der Waals surface area contributed by atoms with Crippen LogP contribution in [-0.4, -0.2) is 48.0 Å². The Hall–Kier alpha value is -1.71. The standard InChI is InChI=1S/C15H12BClN2O4S2/c1-7-9(6-17)12(15(22)23-16)19-13(21)11(14(19)25-7)18-10(20)5-8-3-2-4-24-8/h2-4,11,14H,1,5-6H2,(H,18,20)/t11-,14-/m1/s1. The zero-order valence-corrected chi connectivity index (χ0v) is 15.2. The third kappa shape index (κ3) is 3.23. The molecule has 128 valence electrons. The second-order valence-electron chi connectivity index (χ2n) is 5.31. The van der Waals surface area contributed by atoms with E-state index < -0.39 is 23.3 Å². The van der Waals surface area contributed by atoms with Gasteiger partial charge in [-0.1, -0.05) is 24.4 Å². The van der Waals surface area contributed by atoms with Gasteiger partial charge < -0.3 is 9.97 Å². The van der Waals surface area contributed by atoms with Crippen molar-refractivity contribution in [3.8, 4) is 0 Å². The van der Waals surface area contributed by atoms with Gasteiger partial charge in [-0.25, -0.2) is 4.79 Å². The number of nitrogens with one attached hydrogen (secondary N) is 1. The van der Waals surface area contributed by atoms with E-state index in [0.29, 0.717) is 10.5 Å². The summed E-state index contributed by atoms with van der Waals surface area (Å²) >= 11 is 8.60. The Morgan fingerprint density at radius 1 is 1.48 bits per heavy atom. The van der Waals surface area contributed by atoms with Crippen LogP contribution in [0, 0.1) is 0 Å². The van der Waals surface area contributed by atoms with E-state index >= 15 is 0 Å². The summed E-state index contributed by atoms with van der Waals surface area (Å²) in [4.78, 5) is 39.3. The first-order valence-electron chi connectivity index (χ1n) is 7.18. The van der Waals surface area contributed by atoms with Crippen LogP contribution in [0.4, 0.5) is 0 Å². The molecule has 3 rings (SSSR count). The number of hydrogen-bond donors (Lipinski definition) is 1. The number of nitrogens with zero attached hydrogens (tertiary/aromatic N) is 1. The number of rotatable bonds is 5. The van der Waals surface area contributed by atoms with Gasteiger partial charge in [-0.15, -0.1) is 22.9 Å². The van der Waals surface area contributed by atoms with Crippen LogP contribution in [0.15, 0.2) is 40.3 Å². The Morgan fingerprint density at radius 3 is 2.84 bits per heavy atom. The fraction of sp³-hybridized carbons (Fsp3) is 0.267. The maximum absolute atomic E-state index is 12.5. The summed E-state index contributed by atoms with van der Waals surface area (Å²) in [6.07, 6.45) is 0.195. The molecule has 2 atom stereocenters. The number of halogens is 1. The quantitative estimate of drug-likeness (QED) is 0.463. The van der Waals surface area contributed by atoms with Crippen molar-refractivity contribution in [1.82, 2.24) is 10.2 Å². The van der Waals surface area contributed by atoms with Gasteiger partial charge in [0.1, 0.15) is 17.1 Å². The number of hydrogen-bond acceptors (Lipinski definition) is 6. The number of thiophene rings is 1. The summed E-state index contributed by atoms with van der Waals surface area (Å²) in [6.45, 7) is 3.87. The van der Waals surface area contributed by atoms with Gasteiger partial charge in [0.15, 0.2) is 0 Å². The summed E-state index contributed by atoms with van der Waals surface area (Å²) in [6, 6.07) is 2.96. The summed E-state index contributed by atoms with van der Waals surface area (Å²) in [7, 11) is 4.96. The minimum absolute atomic E-state index is 0.0117. The molecule has 25 heavy (non-hydrogen) atoms. The number of β-lactam (4-membered cyclic amide) rings is 1. The summed E-state index contributed by atoms with van der Waals surface area (Å²) in [5.74, 6) is -1.55. The molecule has 2 amide bonds. The molecule has 1 aromatic heterocycles. The van der Waals surface area contributed by atoms with Crippen molar-refractivity contribution in [2.24, 2.45) is 0 Å². The second-order valence-corrected chi connectivity index (χ2v) is 7.82. The van der Waals surface area contributed by atoms with Crippen LogP contribution < -0.4 is 5.32 Å². The molecule has 10 heteroatoms. The maximum atomic E-state index is 12.5. The molecule has 1 saturated heterocycles. The fourth-order valence-electron chi connectivity index (χ4n) is 2.66. The summed E-state index contributed by atoms with van der Waals surface area (Å²) in [5.41, 5.74) is 0.384. The van der Waals surface area contributed by atoms with Gasteiger partial charge >= 0.3 is 14.0 Å². The number of carbonyl (C=O) groups is 3. The lowest BCUT2D eigenvalue weighted by Gasteiger charge is -2.50. The van der Waals surface area contributed by atoms with E-state index in [1.54, 1.807) is 0 Å². The highest BCUT2D eigenvalue weighted by Gasteiger charge is 2.55. The van der Waals surface area contributed by atoms with E-state index in [4.69, 9.17) is 19.7 Å². The number of allylic oxidation sites excluding steroid dienone is 1. The van der Waals surface area contributed by atoms with Crippen molar-refractivity contribution in [2.75, 3.05) is 5.88 Å². The first-order chi connectivity index (χ1) is 12.0. The van der Waals surface area contributed by atoms with Crippen LogP contribution in [0.5, 0.6) is 0 Å². The van der Waals surface area contributed by atoms with Gasteiger partial charge in [0.25, 0.3) is 5.91 Å². The van der Waals surface area contributed by atoms with Crippen LogP contribution >= 0.6 is 34.7 Å². The van der Waals surface area contributed by atoms with Crippen molar-refractivity contribution in [3.63, 3.8) is 0 Å². The molecule has 0 spiro atoms. The third-order valence-electron chi connectivity index (χ3n) is 3.83. The Kier molecular flexibility index (Phi) is 5.26. The lowest BCUT2D eigenvalue weighted by atomic mass is 10.0. The number of alkyl halides is 1. The Labute approximate surface area is 158 Å². The first-order valence-corrected chi connectivity index (χ1v) is 9.48. The van der Waals surface area contributed by atoms with Crippen molar-refractivity contribution in [3.05, 3.63) is 45.1 Å². The first kappa shape index (κ1) is 18.1. The molecule has 0 aliphatic carbocycles. The predicted octanol–water partition coefficient (Wildman–Crippen LogP) is 1.32. The maximum Gasteiger partial charge on any atom is 0.378 e. The molecule has 2 aliphatic heterocycles. The van der Waals surface area contributed by atoms with Crippen LogP contribution in [-0.2, 0) is 25.5 Å². The molecule has 1 N–H and O–H groups in total. The molecule has 0 unspecified atom stereocenters. The predicted molar refractivity (Wildman–Crippen MR) is 96.9 cm³/mol. The second kappa shape index (κ2) is 7.27. The highest BCUT2D eigenvalue weighted by atomic mass is 35.5. The van der Waals surface area contributed by atoms with E-state index in [1.165, 1.54) is 28.0 Å². The van der Waals surface area contributed by atoms with Gasteiger partial charge in [0, 0.05) is 15.4 Å². The topological polar surface area (TPSA) is 75.7 Å². The van der Waals surface area contributed by atoms with Gasteiger partial charge in [-0.05, 0) is 11.4 Å². The SMILES string of the molecule is [B]OC(=O)C1=C(CCl)C(=C)S[C@@H]2[C@H](NC(=O)Cc3cccs3)C(=O)N12.